The maximum absolute atomic E-state index is 13.4. The molecule has 0 unspecified atom stereocenters. The van der Waals surface area contributed by atoms with Crippen molar-refractivity contribution in [2.24, 2.45) is 10.9 Å². The number of methoxy groups -OCH3 is 2. The van der Waals surface area contributed by atoms with E-state index < -0.39 is 5.92 Å². The Morgan fingerprint density at radius 2 is 1.66 bits per heavy atom. The normalized spacial score (nSPS) is 22.6. The van der Waals surface area contributed by atoms with Crippen LogP contribution in [0.4, 0.5) is 0 Å². The van der Waals surface area contributed by atoms with Crippen molar-refractivity contribution in [3.63, 3.8) is 0 Å². The summed E-state index contributed by atoms with van der Waals surface area (Å²) in [7, 11) is 3.17. The van der Waals surface area contributed by atoms with Crippen molar-refractivity contribution in [3.8, 4) is 11.5 Å². The Morgan fingerprint density at radius 3 is 2.41 bits per heavy atom. The molecule has 2 atom stereocenters. The van der Waals surface area contributed by atoms with Crippen molar-refractivity contribution < 1.29 is 19.1 Å². The van der Waals surface area contributed by atoms with Crippen LogP contribution in [-0.4, -0.2) is 31.5 Å². The Kier molecular flexibility index (Phi) is 4.12. The van der Waals surface area contributed by atoms with Gasteiger partial charge in [-0.05, 0) is 30.5 Å². The third kappa shape index (κ3) is 2.57. The van der Waals surface area contributed by atoms with E-state index >= 15 is 0 Å². The van der Waals surface area contributed by atoms with E-state index in [4.69, 9.17) is 14.5 Å². The van der Waals surface area contributed by atoms with Gasteiger partial charge in [-0.2, -0.15) is 0 Å². The van der Waals surface area contributed by atoms with Gasteiger partial charge in [0.05, 0.1) is 25.8 Å². The number of nitrogens with zero attached hydrogens (tertiary/aromatic N) is 1. The standard InChI is InChI=1S/C24H21NO4/c1-28-18-11-10-13(12-19(18)29-2)20-21-16(8-5-9-17(21)26)25-23-14-6-3-4-7-15(14)24(27)22(20)23/h3-4,6-7,10-12,20,22H,5,8-9H2,1-2H3/t20-,22+/m0/s1. The molecule has 0 aromatic heterocycles. The lowest BCUT2D eigenvalue weighted by atomic mass is 9.71. The minimum atomic E-state index is -0.480. The third-order valence-corrected chi connectivity index (χ3v) is 6.14. The predicted octanol–water partition coefficient (Wildman–Crippen LogP) is 4.11. The highest BCUT2D eigenvalue weighted by Crippen LogP contribution is 2.49. The van der Waals surface area contributed by atoms with Gasteiger partial charge in [0, 0.05) is 34.7 Å². The van der Waals surface area contributed by atoms with E-state index in [-0.39, 0.29) is 17.5 Å². The molecule has 2 aliphatic carbocycles. The monoisotopic (exact) mass is 387 g/mol. The van der Waals surface area contributed by atoms with Crippen LogP contribution in [0.25, 0.3) is 0 Å². The highest BCUT2D eigenvalue weighted by Gasteiger charge is 2.48. The zero-order valence-electron chi connectivity index (χ0n) is 16.4. The zero-order valence-corrected chi connectivity index (χ0v) is 16.4. The number of ether oxygens (including phenoxy) is 2. The molecule has 0 fully saturated rings. The quantitative estimate of drug-likeness (QED) is 0.795. The van der Waals surface area contributed by atoms with Crippen molar-refractivity contribution in [2.75, 3.05) is 14.2 Å². The summed E-state index contributed by atoms with van der Waals surface area (Å²) in [5, 5.41) is 0. The molecule has 5 rings (SSSR count). The molecule has 0 spiro atoms. The number of fused-ring (bicyclic) bond motifs is 3. The Balaban J connectivity index is 1.74. The first-order valence-corrected chi connectivity index (χ1v) is 9.84. The van der Waals surface area contributed by atoms with Crippen LogP contribution in [0.3, 0.4) is 0 Å². The molecule has 5 nitrogen and oxygen atoms in total. The molecular weight excluding hydrogens is 366 g/mol. The van der Waals surface area contributed by atoms with Gasteiger partial charge in [-0.25, -0.2) is 0 Å². The first-order chi connectivity index (χ1) is 14.1. The molecule has 2 aromatic carbocycles. The van der Waals surface area contributed by atoms with Crippen molar-refractivity contribution in [1.82, 2.24) is 0 Å². The Hall–Kier alpha value is -3.21. The van der Waals surface area contributed by atoms with Crippen LogP contribution in [0.15, 0.2) is 58.7 Å². The topological polar surface area (TPSA) is 65.0 Å². The van der Waals surface area contributed by atoms with E-state index in [1.165, 1.54) is 0 Å². The summed E-state index contributed by atoms with van der Waals surface area (Å²) >= 11 is 0. The highest BCUT2D eigenvalue weighted by atomic mass is 16.5. The molecule has 3 aliphatic rings. The molecule has 1 aliphatic heterocycles. The van der Waals surface area contributed by atoms with Gasteiger partial charge in [0.2, 0.25) is 0 Å². The second kappa shape index (κ2) is 6.69. The number of aliphatic imine (C=N–C) groups is 1. The highest BCUT2D eigenvalue weighted by molar-refractivity contribution is 6.30. The van der Waals surface area contributed by atoms with Crippen molar-refractivity contribution in [1.29, 1.82) is 0 Å². The largest absolute Gasteiger partial charge is 0.493 e. The fourth-order valence-corrected chi connectivity index (χ4v) is 4.85. The van der Waals surface area contributed by atoms with Crippen LogP contribution in [0, 0.1) is 5.92 Å². The molecule has 2 aromatic rings. The van der Waals surface area contributed by atoms with Crippen LogP contribution in [0.1, 0.15) is 46.7 Å². The van der Waals surface area contributed by atoms with Gasteiger partial charge in [-0.1, -0.05) is 30.3 Å². The lowest BCUT2D eigenvalue weighted by molar-refractivity contribution is -0.116. The summed E-state index contributed by atoms with van der Waals surface area (Å²) in [6.45, 7) is 0. The molecule has 5 heteroatoms. The fraction of sp³-hybridized carbons (Fsp3) is 0.292. The number of allylic oxidation sites excluding steroid dienone is 2. The minimum Gasteiger partial charge on any atom is -0.493 e. The van der Waals surface area contributed by atoms with Gasteiger partial charge in [-0.15, -0.1) is 0 Å². The summed E-state index contributed by atoms with van der Waals surface area (Å²) in [6.07, 6.45) is 2.06. The van der Waals surface area contributed by atoms with Gasteiger partial charge in [0.15, 0.2) is 23.1 Å². The number of ketones is 2. The minimum absolute atomic E-state index is 0.0315. The zero-order chi connectivity index (χ0) is 20.1. The first-order valence-electron chi connectivity index (χ1n) is 9.84. The summed E-state index contributed by atoms with van der Waals surface area (Å²) in [5.74, 6) is 0.492. The number of carbonyl (C=O) groups is 2. The number of hydrogen-bond donors (Lipinski definition) is 0. The summed E-state index contributed by atoms with van der Waals surface area (Å²) in [5.41, 5.74) is 4.77. The molecule has 0 bridgehead atoms. The Bertz CT molecular complexity index is 1110. The van der Waals surface area contributed by atoms with E-state index in [1.54, 1.807) is 14.2 Å². The Morgan fingerprint density at radius 1 is 0.897 bits per heavy atom. The van der Waals surface area contributed by atoms with Crippen LogP contribution >= 0.6 is 0 Å². The molecule has 0 radical (unpaired) electrons. The second-order valence-electron chi connectivity index (χ2n) is 7.61. The van der Waals surface area contributed by atoms with Gasteiger partial charge in [0.25, 0.3) is 0 Å². The van der Waals surface area contributed by atoms with Gasteiger partial charge in [-0.3, -0.25) is 14.6 Å². The number of hydrogen-bond acceptors (Lipinski definition) is 5. The number of benzene rings is 2. The number of Topliss-reactive ketones (excluding diaryl/α,β-unsaturated/α-hetero) is 2. The summed E-state index contributed by atoms with van der Waals surface area (Å²) in [4.78, 5) is 31.2. The van der Waals surface area contributed by atoms with Crippen molar-refractivity contribution in [3.05, 3.63) is 70.4 Å². The predicted molar refractivity (Wildman–Crippen MR) is 109 cm³/mol. The number of rotatable bonds is 3. The maximum Gasteiger partial charge on any atom is 0.173 e. The lowest BCUT2D eigenvalue weighted by Crippen LogP contribution is -2.33. The van der Waals surface area contributed by atoms with Crippen LogP contribution < -0.4 is 9.47 Å². The first kappa shape index (κ1) is 17.9. The summed E-state index contributed by atoms with van der Waals surface area (Å²) in [6, 6.07) is 13.3. The van der Waals surface area contributed by atoms with Crippen molar-refractivity contribution in [2.45, 2.75) is 25.2 Å². The fourth-order valence-electron chi connectivity index (χ4n) is 4.85. The molecule has 0 N–H and O–H groups in total. The van der Waals surface area contributed by atoms with E-state index in [9.17, 15) is 9.59 Å². The summed E-state index contributed by atoms with van der Waals surface area (Å²) < 4.78 is 10.9. The van der Waals surface area contributed by atoms with Gasteiger partial charge < -0.3 is 9.47 Å². The molecular formula is C24H21NO4. The average Bonchev–Trinajstić information content (AvgIpc) is 3.04. The molecule has 0 saturated heterocycles. The van der Waals surface area contributed by atoms with Crippen molar-refractivity contribution >= 4 is 17.3 Å². The van der Waals surface area contributed by atoms with E-state index in [0.717, 1.165) is 35.4 Å². The number of carbonyl (C=O) groups excluding carboxylic acids is 2. The van der Waals surface area contributed by atoms with Crippen LogP contribution in [-0.2, 0) is 4.79 Å². The lowest BCUT2D eigenvalue weighted by Gasteiger charge is -2.33. The molecule has 0 amide bonds. The SMILES string of the molecule is COc1ccc([C@H]2C3=C(CCCC3=O)N=C3c4ccccc4C(=O)[C@@H]32)cc1OC. The van der Waals surface area contributed by atoms with Gasteiger partial charge in [0.1, 0.15) is 0 Å². The second-order valence-corrected chi connectivity index (χ2v) is 7.61. The van der Waals surface area contributed by atoms with E-state index in [2.05, 4.69) is 0 Å². The third-order valence-electron chi connectivity index (χ3n) is 6.14. The Labute approximate surface area is 169 Å². The van der Waals surface area contributed by atoms with Gasteiger partial charge >= 0.3 is 0 Å². The molecule has 29 heavy (non-hydrogen) atoms. The maximum atomic E-state index is 13.4. The molecule has 0 saturated carbocycles. The molecule has 1 heterocycles. The van der Waals surface area contributed by atoms with Crippen LogP contribution in [0.5, 0.6) is 11.5 Å². The smallest absolute Gasteiger partial charge is 0.173 e. The van der Waals surface area contributed by atoms with E-state index in [1.807, 2.05) is 42.5 Å². The molecule has 146 valence electrons. The van der Waals surface area contributed by atoms with Crippen LogP contribution in [0.2, 0.25) is 0 Å². The van der Waals surface area contributed by atoms with E-state index in [0.29, 0.717) is 29.1 Å². The average molecular weight is 387 g/mol.